The number of nitrogens with zero attached hydrogens (tertiary/aromatic N) is 4. The van der Waals surface area contributed by atoms with Crippen molar-refractivity contribution in [2.75, 3.05) is 19.6 Å². The van der Waals surface area contributed by atoms with E-state index in [0.717, 1.165) is 40.4 Å². The van der Waals surface area contributed by atoms with Crippen LogP contribution in [0.25, 0.3) is 22.3 Å². The highest BCUT2D eigenvalue weighted by molar-refractivity contribution is 6.06. The van der Waals surface area contributed by atoms with Gasteiger partial charge in [0, 0.05) is 37.3 Å². The topological polar surface area (TPSA) is 76.2 Å². The molecule has 0 aromatic carbocycles. The molecule has 4 heterocycles. The van der Waals surface area contributed by atoms with Gasteiger partial charge in [0.2, 0.25) is 0 Å². The molecule has 3 aromatic rings. The highest BCUT2D eigenvalue weighted by atomic mass is 16.3. The van der Waals surface area contributed by atoms with Crippen LogP contribution in [-0.2, 0) is 0 Å². The molecule has 1 aliphatic heterocycles. The zero-order chi connectivity index (χ0) is 20.0. The number of pyridine rings is 1. The SMILES string of the molecule is Cc1cc(-c2cc(C(=O)N3CCNC(C)C3)c3cnn(C(C)C)c3n2)c(C)o1. The first-order valence-corrected chi connectivity index (χ1v) is 9.83. The minimum absolute atomic E-state index is 0.0307. The Morgan fingerprint density at radius 1 is 1.32 bits per heavy atom. The lowest BCUT2D eigenvalue weighted by molar-refractivity contribution is 0.0711. The van der Waals surface area contributed by atoms with Crippen LogP contribution < -0.4 is 5.32 Å². The zero-order valence-corrected chi connectivity index (χ0v) is 17.1. The van der Waals surface area contributed by atoms with Crippen LogP contribution in [0.3, 0.4) is 0 Å². The van der Waals surface area contributed by atoms with E-state index < -0.39 is 0 Å². The van der Waals surface area contributed by atoms with Gasteiger partial charge in [-0.3, -0.25) is 4.79 Å². The fourth-order valence-electron chi connectivity index (χ4n) is 3.88. The van der Waals surface area contributed by atoms with Crippen LogP contribution in [0, 0.1) is 13.8 Å². The van der Waals surface area contributed by atoms with Crippen molar-refractivity contribution in [1.82, 2.24) is 25.0 Å². The van der Waals surface area contributed by atoms with Crippen LogP contribution in [0.2, 0.25) is 0 Å². The average molecular weight is 381 g/mol. The molecule has 1 N–H and O–H groups in total. The number of nitrogens with one attached hydrogen (secondary N) is 1. The lowest BCUT2D eigenvalue weighted by atomic mass is 10.1. The summed E-state index contributed by atoms with van der Waals surface area (Å²) < 4.78 is 7.58. The monoisotopic (exact) mass is 381 g/mol. The summed E-state index contributed by atoms with van der Waals surface area (Å²) in [7, 11) is 0. The molecule has 7 heteroatoms. The van der Waals surface area contributed by atoms with Gasteiger partial charge in [0.1, 0.15) is 11.5 Å². The van der Waals surface area contributed by atoms with Gasteiger partial charge in [0.05, 0.1) is 22.8 Å². The number of aryl methyl sites for hydroxylation is 2. The maximum absolute atomic E-state index is 13.4. The predicted molar refractivity (Wildman–Crippen MR) is 108 cm³/mol. The molecule has 0 radical (unpaired) electrons. The second kappa shape index (κ2) is 7.05. The number of furan rings is 1. The number of rotatable bonds is 3. The Hall–Kier alpha value is -2.67. The first-order chi connectivity index (χ1) is 13.3. The summed E-state index contributed by atoms with van der Waals surface area (Å²) in [5.74, 6) is 1.66. The van der Waals surface area contributed by atoms with Crippen LogP contribution in [0.5, 0.6) is 0 Å². The Kier molecular flexibility index (Phi) is 4.71. The van der Waals surface area contributed by atoms with E-state index in [1.807, 2.05) is 35.6 Å². The van der Waals surface area contributed by atoms with Crippen molar-refractivity contribution in [3.05, 3.63) is 35.4 Å². The fraction of sp³-hybridized carbons (Fsp3) is 0.476. The third kappa shape index (κ3) is 3.20. The Labute approximate surface area is 164 Å². The smallest absolute Gasteiger partial charge is 0.254 e. The van der Waals surface area contributed by atoms with Crippen molar-refractivity contribution in [2.24, 2.45) is 0 Å². The molecule has 1 atom stereocenters. The zero-order valence-electron chi connectivity index (χ0n) is 17.1. The maximum atomic E-state index is 13.4. The number of amides is 1. The van der Waals surface area contributed by atoms with Gasteiger partial charge in [-0.15, -0.1) is 0 Å². The Morgan fingerprint density at radius 3 is 2.75 bits per heavy atom. The standard InChI is InChI=1S/C21H27N5O2/c1-12(2)26-20-18(10-23-26)17(21(27)25-7-6-22-13(3)11-25)9-19(24-20)16-8-14(4)28-15(16)5/h8-10,12-13,22H,6-7,11H2,1-5H3. The molecule has 0 spiro atoms. The second-order valence-electron chi connectivity index (χ2n) is 7.91. The normalized spacial score (nSPS) is 17.6. The van der Waals surface area contributed by atoms with Crippen molar-refractivity contribution < 1.29 is 9.21 Å². The predicted octanol–water partition coefficient (Wildman–Crippen LogP) is 3.32. The molecule has 28 heavy (non-hydrogen) atoms. The lowest BCUT2D eigenvalue weighted by Crippen LogP contribution is -2.51. The third-order valence-electron chi connectivity index (χ3n) is 5.26. The molecule has 0 bridgehead atoms. The summed E-state index contributed by atoms with van der Waals surface area (Å²) in [4.78, 5) is 20.2. The van der Waals surface area contributed by atoms with Crippen molar-refractivity contribution >= 4 is 16.9 Å². The number of carbonyl (C=O) groups is 1. The van der Waals surface area contributed by atoms with E-state index in [1.54, 1.807) is 6.20 Å². The Balaban J connectivity index is 1.89. The van der Waals surface area contributed by atoms with Gasteiger partial charge in [0.15, 0.2) is 5.65 Å². The van der Waals surface area contributed by atoms with Crippen molar-refractivity contribution in [3.63, 3.8) is 0 Å². The van der Waals surface area contributed by atoms with Crippen LogP contribution in [-0.4, -0.2) is 51.2 Å². The number of piperazine rings is 1. The summed E-state index contributed by atoms with van der Waals surface area (Å²) in [5, 5.41) is 8.69. The molecule has 0 aliphatic carbocycles. The Bertz CT molecular complexity index is 1030. The number of aromatic nitrogens is 3. The van der Waals surface area contributed by atoms with E-state index in [0.29, 0.717) is 18.7 Å². The molecule has 148 valence electrons. The molecule has 7 nitrogen and oxygen atoms in total. The fourth-order valence-corrected chi connectivity index (χ4v) is 3.88. The van der Waals surface area contributed by atoms with Gasteiger partial charge in [-0.25, -0.2) is 9.67 Å². The second-order valence-corrected chi connectivity index (χ2v) is 7.91. The molecule has 4 rings (SSSR count). The summed E-state index contributed by atoms with van der Waals surface area (Å²) in [5.41, 5.74) is 3.05. The first kappa shape index (κ1) is 18.7. The van der Waals surface area contributed by atoms with Gasteiger partial charge in [-0.1, -0.05) is 0 Å². The molecular weight excluding hydrogens is 354 g/mol. The van der Waals surface area contributed by atoms with Gasteiger partial charge in [-0.05, 0) is 46.8 Å². The van der Waals surface area contributed by atoms with Crippen molar-refractivity contribution in [2.45, 2.75) is 46.7 Å². The van der Waals surface area contributed by atoms with Crippen LogP contribution in [0.4, 0.5) is 0 Å². The van der Waals surface area contributed by atoms with Gasteiger partial charge >= 0.3 is 0 Å². The molecule has 1 fully saturated rings. The van der Waals surface area contributed by atoms with Gasteiger partial charge < -0.3 is 14.6 Å². The van der Waals surface area contributed by atoms with E-state index in [2.05, 4.69) is 31.2 Å². The molecule has 3 aromatic heterocycles. The lowest BCUT2D eigenvalue weighted by Gasteiger charge is -2.32. The number of hydrogen-bond acceptors (Lipinski definition) is 5. The molecule has 1 unspecified atom stereocenters. The van der Waals surface area contributed by atoms with Crippen molar-refractivity contribution in [1.29, 1.82) is 0 Å². The Morgan fingerprint density at radius 2 is 2.11 bits per heavy atom. The van der Waals surface area contributed by atoms with E-state index >= 15 is 0 Å². The first-order valence-electron chi connectivity index (χ1n) is 9.83. The van der Waals surface area contributed by atoms with E-state index in [9.17, 15) is 4.79 Å². The summed E-state index contributed by atoms with van der Waals surface area (Å²) in [6.45, 7) is 12.3. The van der Waals surface area contributed by atoms with E-state index in [-0.39, 0.29) is 18.0 Å². The highest BCUT2D eigenvalue weighted by Gasteiger charge is 2.26. The average Bonchev–Trinajstić information content (AvgIpc) is 3.23. The number of carbonyl (C=O) groups excluding carboxylic acids is 1. The van der Waals surface area contributed by atoms with Crippen LogP contribution in [0.15, 0.2) is 22.7 Å². The molecule has 1 saturated heterocycles. The quantitative estimate of drug-likeness (QED) is 0.753. The third-order valence-corrected chi connectivity index (χ3v) is 5.26. The van der Waals surface area contributed by atoms with Crippen LogP contribution in [0.1, 0.15) is 48.7 Å². The van der Waals surface area contributed by atoms with E-state index in [4.69, 9.17) is 9.40 Å². The molecule has 1 aliphatic rings. The van der Waals surface area contributed by atoms with Crippen molar-refractivity contribution in [3.8, 4) is 11.3 Å². The number of fused-ring (bicyclic) bond motifs is 1. The van der Waals surface area contributed by atoms with Gasteiger partial charge in [0.25, 0.3) is 5.91 Å². The largest absolute Gasteiger partial charge is 0.466 e. The summed E-state index contributed by atoms with van der Waals surface area (Å²) in [6, 6.07) is 4.29. The molecule has 1 amide bonds. The highest BCUT2D eigenvalue weighted by Crippen LogP contribution is 2.30. The molecule has 0 saturated carbocycles. The number of hydrogen-bond donors (Lipinski definition) is 1. The maximum Gasteiger partial charge on any atom is 0.254 e. The minimum atomic E-state index is 0.0307. The summed E-state index contributed by atoms with van der Waals surface area (Å²) in [6.07, 6.45) is 1.76. The minimum Gasteiger partial charge on any atom is -0.466 e. The van der Waals surface area contributed by atoms with Crippen LogP contribution >= 0.6 is 0 Å². The van der Waals surface area contributed by atoms with E-state index in [1.165, 1.54) is 0 Å². The summed E-state index contributed by atoms with van der Waals surface area (Å²) >= 11 is 0. The molecular formula is C21H27N5O2. The van der Waals surface area contributed by atoms with Gasteiger partial charge in [-0.2, -0.15) is 5.10 Å².